The summed E-state index contributed by atoms with van der Waals surface area (Å²) >= 11 is 0. The molecule has 0 aliphatic heterocycles. The summed E-state index contributed by atoms with van der Waals surface area (Å²) in [6.45, 7) is 9.20. The summed E-state index contributed by atoms with van der Waals surface area (Å²) in [7, 11) is 0. The van der Waals surface area contributed by atoms with Gasteiger partial charge in [-0.3, -0.25) is 10.1 Å². The number of aryl methyl sites for hydroxylation is 1. The molecule has 0 saturated carbocycles. The molecule has 1 rings (SSSR count). The van der Waals surface area contributed by atoms with E-state index in [1.165, 1.54) is 0 Å². The zero-order chi connectivity index (χ0) is 17.8. The predicted octanol–water partition coefficient (Wildman–Crippen LogP) is 3.52. The topological polar surface area (TPSA) is 102 Å². The second-order valence-electron chi connectivity index (χ2n) is 6.68. The van der Waals surface area contributed by atoms with Gasteiger partial charge in [0.05, 0.1) is 0 Å². The Balaban J connectivity index is 2.95. The van der Waals surface area contributed by atoms with Gasteiger partial charge in [-0.2, -0.15) is 0 Å². The maximum Gasteiger partial charge on any atom is 0.412 e. The van der Waals surface area contributed by atoms with Gasteiger partial charge in [-0.05, 0) is 63.8 Å². The van der Waals surface area contributed by atoms with Gasteiger partial charge >= 0.3 is 12.1 Å². The van der Waals surface area contributed by atoms with Crippen molar-refractivity contribution in [2.45, 2.75) is 59.1 Å². The van der Waals surface area contributed by atoms with Crippen LogP contribution in [0.25, 0.3) is 0 Å². The highest BCUT2D eigenvalue weighted by Gasteiger charge is 2.18. The zero-order valence-corrected chi connectivity index (χ0v) is 14.4. The van der Waals surface area contributed by atoms with Crippen LogP contribution in [-0.2, 0) is 9.53 Å². The van der Waals surface area contributed by atoms with Gasteiger partial charge < -0.3 is 15.6 Å². The fourth-order valence-corrected chi connectivity index (χ4v) is 2.09. The number of carboxylic acid groups (broad SMARTS) is 1. The van der Waals surface area contributed by atoms with Gasteiger partial charge in [-0.1, -0.05) is 6.07 Å². The number of hydrogen-bond acceptors (Lipinski definition) is 4. The van der Waals surface area contributed by atoms with E-state index in [9.17, 15) is 9.59 Å². The number of hydrogen-bond donors (Lipinski definition) is 3. The SMILES string of the molecule is Cc1cc(C(N)CCC(=O)O)cc(NC(=O)OC(C)(C)C)c1C. The highest BCUT2D eigenvalue weighted by atomic mass is 16.6. The average molecular weight is 322 g/mol. The second kappa shape index (κ2) is 7.46. The van der Waals surface area contributed by atoms with E-state index >= 15 is 0 Å². The fraction of sp³-hybridized carbons (Fsp3) is 0.529. The molecule has 6 heteroatoms. The standard InChI is InChI=1S/C17H26N2O4/c1-10-8-12(13(18)6-7-15(20)21)9-14(11(10)2)19-16(22)23-17(3,4)5/h8-9,13H,6-7,18H2,1-5H3,(H,19,22)(H,20,21). The third-order valence-electron chi connectivity index (χ3n) is 3.42. The van der Waals surface area contributed by atoms with Crippen LogP contribution in [-0.4, -0.2) is 22.8 Å². The van der Waals surface area contributed by atoms with Crippen LogP contribution >= 0.6 is 0 Å². The summed E-state index contributed by atoms with van der Waals surface area (Å²) < 4.78 is 5.26. The molecule has 1 unspecified atom stereocenters. The van der Waals surface area contributed by atoms with Crippen molar-refractivity contribution in [3.05, 3.63) is 28.8 Å². The van der Waals surface area contributed by atoms with E-state index in [0.717, 1.165) is 16.7 Å². The minimum absolute atomic E-state index is 0.00290. The Hall–Kier alpha value is -2.08. The van der Waals surface area contributed by atoms with Gasteiger partial charge in [0.1, 0.15) is 5.60 Å². The lowest BCUT2D eigenvalue weighted by molar-refractivity contribution is -0.137. The first-order valence-electron chi connectivity index (χ1n) is 7.58. The van der Waals surface area contributed by atoms with Gasteiger partial charge in [0, 0.05) is 18.2 Å². The minimum Gasteiger partial charge on any atom is -0.481 e. The molecule has 0 aliphatic carbocycles. The van der Waals surface area contributed by atoms with Crippen molar-refractivity contribution < 1.29 is 19.4 Å². The van der Waals surface area contributed by atoms with Crippen LogP contribution in [0.4, 0.5) is 10.5 Å². The molecule has 0 bridgehead atoms. The number of nitrogens with one attached hydrogen (secondary N) is 1. The lowest BCUT2D eigenvalue weighted by Gasteiger charge is -2.21. The minimum atomic E-state index is -0.878. The van der Waals surface area contributed by atoms with E-state index in [0.29, 0.717) is 12.1 Å². The molecule has 4 N–H and O–H groups in total. The highest BCUT2D eigenvalue weighted by molar-refractivity contribution is 5.86. The monoisotopic (exact) mass is 322 g/mol. The molecule has 1 aromatic carbocycles. The normalized spacial score (nSPS) is 12.6. The van der Waals surface area contributed by atoms with Crippen LogP contribution < -0.4 is 11.1 Å². The van der Waals surface area contributed by atoms with Gasteiger partial charge in [0.15, 0.2) is 0 Å². The molecule has 0 fully saturated rings. The van der Waals surface area contributed by atoms with Gasteiger partial charge in [-0.25, -0.2) is 4.79 Å². The van der Waals surface area contributed by atoms with Crippen molar-refractivity contribution >= 4 is 17.7 Å². The van der Waals surface area contributed by atoms with Crippen LogP contribution in [0.2, 0.25) is 0 Å². The lowest BCUT2D eigenvalue weighted by Crippen LogP contribution is -2.27. The number of anilines is 1. The molecule has 0 radical (unpaired) electrons. The molecule has 6 nitrogen and oxygen atoms in total. The van der Waals surface area contributed by atoms with Gasteiger partial charge in [-0.15, -0.1) is 0 Å². The van der Waals surface area contributed by atoms with Crippen molar-refractivity contribution in [3.8, 4) is 0 Å². The summed E-state index contributed by atoms with van der Waals surface area (Å²) in [4.78, 5) is 22.6. The molecule has 0 saturated heterocycles. The smallest absolute Gasteiger partial charge is 0.412 e. The number of carbonyl (C=O) groups excluding carboxylic acids is 1. The van der Waals surface area contributed by atoms with E-state index < -0.39 is 23.7 Å². The predicted molar refractivity (Wildman–Crippen MR) is 89.6 cm³/mol. The maximum absolute atomic E-state index is 11.9. The Labute approximate surface area is 137 Å². The van der Waals surface area contributed by atoms with Crippen LogP contribution in [0.3, 0.4) is 0 Å². The first-order chi connectivity index (χ1) is 10.5. The molecule has 1 aromatic rings. The Morgan fingerprint density at radius 2 is 1.91 bits per heavy atom. The van der Waals surface area contributed by atoms with Crippen LogP contribution in [0.1, 0.15) is 56.3 Å². The number of amides is 1. The van der Waals surface area contributed by atoms with Gasteiger partial charge in [0.25, 0.3) is 0 Å². The van der Waals surface area contributed by atoms with Crippen LogP contribution in [0.5, 0.6) is 0 Å². The number of ether oxygens (including phenoxy) is 1. The lowest BCUT2D eigenvalue weighted by atomic mass is 9.97. The summed E-state index contributed by atoms with van der Waals surface area (Å²) in [6.07, 6.45) is -0.191. The number of rotatable bonds is 5. The van der Waals surface area contributed by atoms with Crippen molar-refractivity contribution in [1.82, 2.24) is 0 Å². The number of carboxylic acids is 1. The zero-order valence-electron chi connectivity index (χ0n) is 14.4. The van der Waals surface area contributed by atoms with Crippen molar-refractivity contribution in [2.75, 3.05) is 5.32 Å². The van der Waals surface area contributed by atoms with Crippen molar-refractivity contribution in [2.24, 2.45) is 5.73 Å². The van der Waals surface area contributed by atoms with E-state index in [1.54, 1.807) is 26.8 Å². The van der Waals surface area contributed by atoms with Crippen molar-refractivity contribution in [1.29, 1.82) is 0 Å². The number of benzene rings is 1. The summed E-state index contributed by atoms with van der Waals surface area (Å²) in [5, 5.41) is 11.5. The second-order valence-corrected chi connectivity index (χ2v) is 6.68. The molecule has 1 amide bonds. The summed E-state index contributed by atoms with van der Waals surface area (Å²) in [5.74, 6) is -0.878. The van der Waals surface area contributed by atoms with Crippen LogP contribution in [0.15, 0.2) is 12.1 Å². The molecule has 23 heavy (non-hydrogen) atoms. The third-order valence-corrected chi connectivity index (χ3v) is 3.42. The molecule has 0 aliphatic rings. The Morgan fingerprint density at radius 3 is 2.43 bits per heavy atom. The third kappa shape index (κ3) is 6.28. The van der Waals surface area contributed by atoms with E-state index in [-0.39, 0.29) is 6.42 Å². The number of nitrogens with two attached hydrogens (primary N) is 1. The van der Waals surface area contributed by atoms with Crippen molar-refractivity contribution in [3.63, 3.8) is 0 Å². The fourth-order valence-electron chi connectivity index (χ4n) is 2.09. The quantitative estimate of drug-likeness (QED) is 0.770. The number of aliphatic carboxylic acids is 1. The Kier molecular flexibility index (Phi) is 6.15. The first-order valence-corrected chi connectivity index (χ1v) is 7.58. The van der Waals surface area contributed by atoms with Gasteiger partial charge in [0.2, 0.25) is 0 Å². The first kappa shape index (κ1) is 19.0. The average Bonchev–Trinajstić information content (AvgIpc) is 2.38. The number of carbonyl (C=O) groups is 2. The molecular formula is C17H26N2O4. The molecule has 128 valence electrons. The molecule has 0 heterocycles. The molecule has 0 aromatic heterocycles. The molecule has 1 atom stereocenters. The Morgan fingerprint density at radius 1 is 1.30 bits per heavy atom. The van der Waals surface area contributed by atoms with E-state index in [2.05, 4.69) is 5.32 Å². The summed E-state index contributed by atoms with van der Waals surface area (Å²) in [5.41, 5.74) is 8.79. The largest absolute Gasteiger partial charge is 0.481 e. The maximum atomic E-state index is 11.9. The summed E-state index contributed by atoms with van der Waals surface area (Å²) in [6, 6.07) is 3.30. The molecular weight excluding hydrogens is 296 g/mol. The van der Waals surface area contributed by atoms with Crippen LogP contribution in [0, 0.1) is 13.8 Å². The highest BCUT2D eigenvalue weighted by Crippen LogP contribution is 2.26. The van der Waals surface area contributed by atoms with E-state index in [1.807, 2.05) is 19.9 Å². The molecule has 0 spiro atoms. The Bertz CT molecular complexity index is 591. The van der Waals surface area contributed by atoms with E-state index in [4.69, 9.17) is 15.6 Å².